The van der Waals surface area contributed by atoms with E-state index in [2.05, 4.69) is 20.6 Å². The lowest BCUT2D eigenvalue weighted by Crippen LogP contribution is -2.40. The summed E-state index contributed by atoms with van der Waals surface area (Å²) in [5, 5.41) is 6.08. The average Bonchev–Trinajstić information content (AvgIpc) is 2.29. The van der Waals surface area contributed by atoms with Gasteiger partial charge in [-0.2, -0.15) is 0 Å². The second-order valence-corrected chi connectivity index (χ2v) is 3.72. The summed E-state index contributed by atoms with van der Waals surface area (Å²) >= 11 is 0. The Labute approximate surface area is 100 Å². The fourth-order valence-corrected chi connectivity index (χ4v) is 1.72. The fraction of sp³-hybridized carbons (Fsp3) is 0.600. The Bertz CT molecular complexity index is 298. The van der Waals surface area contributed by atoms with Crippen molar-refractivity contribution >= 4 is 18.4 Å². The maximum absolute atomic E-state index is 13.4. The fourth-order valence-electron chi connectivity index (χ4n) is 1.72. The maximum Gasteiger partial charge on any atom is 0.222 e. The van der Waals surface area contributed by atoms with E-state index in [-0.39, 0.29) is 18.3 Å². The van der Waals surface area contributed by atoms with Crippen molar-refractivity contribution in [1.82, 2.24) is 15.3 Å². The van der Waals surface area contributed by atoms with Crippen molar-refractivity contribution in [3.05, 3.63) is 18.5 Å². The van der Waals surface area contributed by atoms with E-state index < -0.39 is 6.17 Å². The number of aromatic nitrogens is 2. The summed E-state index contributed by atoms with van der Waals surface area (Å²) in [4.78, 5) is 8.06. The Balaban J connectivity index is 0.00000128. The van der Waals surface area contributed by atoms with Gasteiger partial charge in [0.1, 0.15) is 6.17 Å². The number of hydrogen-bond acceptors (Lipinski definition) is 4. The molecule has 1 fully saturated rings. The monoisotopic (exact) mass is 246 g/mol. The van der Waals surface area contributed by atoms with Gasteiger partial charge in [0, 0.05) is 31.4 Å². The van der Waals surface area contributed by atoms with Gasteiger partial charge < -0.3 is 10.6 Å². The highest BCUT2D eigenvalue weighted by molar-refractivity contribution is 5.85. The second-order valence-electron chi connectivity index (χ2n) is 3.72. The normalized spacial score (nSPS) is 24.6. The number of piperidine rings is 1. The summed E-state index contributed by atoms with van der Waals surface area (Å²) < 4.78 is 13.4. The molecule has 0 radical (unpaired) electrons. The molecule has 0 bridgehead atoms. The van der Waals surface area contributed by atoms with Crippen LogP contribution in [-0.2, 0) is 0 Å². The standard InChI is InChI=1S/C10H15FN4.ClH/c11-9-7-12-5-2-8(9)6-15-10-13-3-1-4-14-10;/h1,3-4,8-9,12H,2,5-7H2,(H,13,14,15);1H. The zero-order chi connectivity index (χ0) is 10.5. The van der Waals surface area contributed by atoms with Crippen LogP contribution in [0.25, 0.3) is 0 Å². The van der Waals surface area contributed by atoms with Gasteiger partial charge in [-0.1, -0.05) is 0 Å². The molecule has 6 heteroatoms. The summed E-state index contributed by atoms with van der Waals surface area (Å²) in [6, 6.07) is 1.76. The molecular weight excluding hydrogens is 231 g/mol. The quantitative estimate of drug-likeness (QED) is 0.843. The zero-order valence-corrected chi connectivity index (χ0v) is 9.71. The molecule has 2 rings (SSSR count). The Morgan fingerprint density at radius 1 is 1.44 bits per heavy atom. The predicted molar refractivity (Wildman–Crippen MR) is 63.6 cm³/mol. The summed E-state index contributed by atoms with van der Waals surface area (Å²) in [6.07, 6.45) is 3.44. The van der Waals surface area contributed by atoms with Gasteiger partial charge >= 0.3 is 0 Å². The van der Waals surface area contributed by atoms with E-state index in [1.807, 2.05) is 0 Å². The SMILES string of the molecule is Cl.FC1CNCCC1CNc1ncccn1. The number of nitrogens with one attached hydrogen (secondary N) is 2. The first-order chi connectivity index (χ1) is 7.36. The average molecular weight is 247 g/mol. The van der Waals surface area contributed by atoms with E-state index in [0.29, 0.717) is 19.0 Å². The van der Waals surface area contributed by atoms with Crippen LogP contribution in [0.1, 0.15) is 6.42 Å². The summed E-state index contributed by atoms with van der Waals surface area (Å²) in [5.74, 6) is 0.637. The minimum absolute atomic E-state index is 0. The topological polar surface area (TPSA) is 49.8 Å². The number of alkyl halides is 1. The van der Waals surface area contributed by atoms with Crippen LogP contribution in [0.4, 0.5) is 10.3 Å². The lowest BCUT2D eigenvalue weighted by molar-refractivity contribution is 0.189. The van der Waals surface area contributed by atoms with Gasteiger partial charge in [-0.15, -0.1) is 12.4 Å². The molecule has 0 aromatic carbocycles. The van der Waals surface area contributed by atoms with Gasteiger partial charge in [-0.05, 0) is 19.0 Å². The van der Waals surface area contributed by atoms with E-state index in [4.69, 9.17) is 0 Å². The zero-order valence-electron chi connectivity index (χ0n) is 8.90. The number of nitrogens with zero attached hydrogens (tertiary/aromatic N) is 2. The molecule has 1 aromatic rings. The molecule has 90 valence electrons. The second kappa shape index (κ2) is 6.60. The molecule has 2 N–H and O–H groups in total. The number of halogens is 2. The van der Waals surface area contributed by atoms with Crippen molar-refractivity contribution in [2.75, 3.05) is 25.0 Å². The number of hydrogen-bond donors (Lipinski definition) is 2. The third-order valence-corrected chi connectivity index (χ3v) is 2.63. The molecule has 2 unspecified atom stereocenters. The molecule has 1 aliphatic heterocycles. The van der Waals surface area contributed by atoms with Crippen molar-refractivity contribution in [2.45, 2.75) is 12.6 Å². The van der Waals surface area contributed by atoms with Crippen LogP contribution in [-0.4, -0.2) is 35.8 Å². The van der Waals surface area contributed by atoms with Crippen LogP contribution in [0.2, 0.25) is 0 Å². The van der Waals surface area contributed by atoms with Crippen LogP contribution in [0.5, 0.6) is 0 Å². The number of anilines is 1. The third-order valence-electron chi connectivity index (χ3n) is 2.63. The lowest BCUT2D eigenvalue weighted by atomic mass is 9.96. The van der Waals surface area contributed by atoms with Gasteiger partial charge in [0.2, 0.25) is 5.95 Å². The largest absolute Gasteiger partial charge is 0.354 e. The highest BCUT2D eigenvalue weighted by Gasteiger charge is 2.24. The van der Waals surface area contributed by atoms with E-state index in [1.54, 1.807) is 18.5 Å². The van der Waals surface area contributed by atoms with Crippen molar-refractivity contribution in [2.24, 2.45) is 5.92 Å². The Morgan fingerprint density at radius 3 is 2.88 bits per heavy atom. The van der Waals surface area contributed by atoms with Crippen molar-refractivity contribution in [3.63, 3.8) is 0 Å². The van der Waals surface area contributed by atoms with E-state index in [0.717, 1.165) is 13.0 Å². The molecule has 0 saturated carbocycles. The molecule has 1 saturated heterocycles. The molecule has 1 aromatic heterocycles. The minimum atomic E-state index is -0.769. The first-order valence-electron chi connectivity index (χ1n) is 5.22. The Hall–Kier alpha value is -0.940. The molecule has 2 atom stereocenters. The minimum Gasteiger partial charge on any atom is -0.354 e. The third kappa shape index (κ3) is 3.57. The molecular formula is C10H16ClFN4. The van der Waals surface area contributed by atoms with E-state index in [1.165, 1.54) is 0 Å². The van der Waals surface area contributed by atoms with Gasteiger partial charge in [0.15, 0.2) is 0 Å². The van der Waals surface area contributed by atoms with E-state index in [9.17, 15) is 4.39 Å². The molecule has 16 heavy (non-hydrogen) atoms. The van der Waals surface area contributed by atoms with Gasteiger partial charge in [-0.25, -0.2) is 14.4 Å². The van der Waals surface area contributed by atoms with Crippen LogP contribution in [0.15, 0.2) is 18.5 Å². The first kappa shape index (κ1) is 13.1. The van der Waals surface area contributed by atoms with Crippen molar-refractivity contribution in [1.29, 1.82) is 0 Å². The summed E-state index contributed by atoms with van der Waals surface area (Å²) in [5.41, 5.74) is 0. The van der Waals surface area contributed by atoms with E-state index >= 15 is 0 Å². The van der Waals surface area contributed by atoms with Gasteiger partial charge in [-0.3, -0.25) is 0 Å². The van der Waals surface area contributed by atoms with Gasteiger partial charge in [0.25, 0.3) is 0 Å². The molecule has 0 amide bonds. The van der Waals surface area contributed by atoms with Crippen molar-refractivity contribution in [3.8, 4) is 0 Å². The molecule has 1 aliphatic rings. The Kier molecular flexibility index (Phi) is 5.42. The smallest absolute Gasteiger partial charge is 0.222 e. The highest BCUT2D eigenvalue weighted by Crippen LogP contribution is 2.15. The molecule has 4 nitrogen and oxygen atoms in total. The highest BCUT2D eigenvalue weighted by atomic mass is 35.5. The molecule has 0 spiro atoms. The number of rotatable bonds is 3. The van der Waals surface area contributed by atoms with Crippen LogP contribution in [0.3, 0.4) is 0 Å². The van der Waals surface area contributed by atoms with Gasteiger partial charge in [0.05, 0.1) is 0 Å². The first-order valence-corrected chi connectivity index (χ1v) is 5.22. The Morgan fingerprint density at radius 2 is 2.19 bits per heavy atom. The van der Waals surface area contributed by atoms with Crippen molar-refractivity contribution < 1.29 is 4.39 Å². The summed E-state index contributed by atoms with van der Waals surface area (Å²) in [6.45, 7) is 1.96. The molecule has 0 aliphatic carbocycles. The lowest BCUT2D eigenvalue weighted by Gasteiger charge is -2.26. The maximum atomic E-state index is 13.4. The molecule has 2 heterocycles. The van der Waals surface area contributed by atoms with Crippen LogP contribution >= 0.6 is 12.4 Å². The summed E-state index contributed by atoms with van der Waals surface area (Å²) in [7, 11) is 0. The van der Waals surface area contributed by atoms with Crippen LogP contribution in [0, 0.1) is 5.92 Å². The van der Waals surface area contributed by atoms with Crippen LogP contribution < -0.4 is 10.6 Å². The predicted octanol–water partition coefficient (Wildman–Crippen LogP) is 1.26.